The Morgan fingerprint density at radius 2 is 2.25 bits per heavy atom. The predicted molar refractivity (Wildman–Crippen MR) is 76.3 cm³/mol. The summed E-state index contributed by atoms with van der Waals surface area (Å²) in [5.41, 5.74) is 2.28. The van der Waals surface area contributed by atoms with Crippen LogP contribution in [0.1, 0.15) is 47.9 Å². The summed E-state index contributed by atoms with van der Waals surface area (Å²) >= 11 is 0. The fraction of sp³-hybridized carbons (Fsp3) is 0.533. The molecule has 0 bridgehead atoms. The Morgan fingerprint density at radius 1 is 1.45 bits per heavy atom. The average molecular weight is 281 g/mol. The Balaban J connectivity index is 2.62. The topological polar surface area (TPSA) is 60.6 Å². The summed E-state index contributed by atoms with van der Waals surface area (Å²) in [4.78, 5) is 24.8. The molecule has 0 radical (unpaired) electrons. The highest BCUT2D eigenvalue weighted by molar-refractivity contribution is 5.87. The van der Waals surface area contributed by atoms with Gasteiger partial charge in [0.25, 0.3) is 0 Å². The number of H-pyrrole nitrogens is 1. The van der Waals surface area contributed by atoms with Gasteiger partial charge < -0.3 is 9.72 Å². The Bertz CT molecular complexity index is 426. The lowest BCUT2D eigenvalue weighted by molar-refractivity contribution is -0.304. The van der Waals surface area contributed by atoms with Crippen molar-refractivity contribution in [3.05, 3.63) is 35.7 Å². The van der Waals surface area contributed by atoms with E-state index in [1.807, 2.05) is 6.08 Å². The van der Waals surface area contributed by atoms with E-state index in [4.69, 9.17) is 14.5 Å². The van der Waals surface area contributed by atoms with Crippen molar-refractivity contribution in [2.45, 2.75) is 39.2 Å². The number of esters is 1. The fourth-order valence-electron chi connectivity index (χ4n) is 1.73. The fourth-order valence-corrected chi connectivity index (χ4v) is 1.73. The first kappa shape index (κ1) is 16.5. The minimum Gasteiger partial charge on any atom is -0.464 e. The quantitative estimate of drug-likeness (QED) is 0.235. The average Bonchev–Trinajstić information content (AvgIpc) is 2.87. The van der Waals surface area contributed by atoms with Crippen LogP contribution in [0.5, 0.6) is 0 Å². The summed E-state index contributed by atoms with van der Waals surface area (Å²) in [5, 5.41) is 0. The van der Waals surface area contributed by atoms with Crippen LogP contribution in [-0.4, -0.2) is 24.7 Å². The van der Waals surface area contributed by atoms with Gasteiger partial charge in [-0.2, -0.15) is 0 Å². The molecule has 0 saturated heterocycles. The summed E-state index contributed by atoms with van der Waals surface area (Å²) in [5.74, 6) is -0.386. The minimum atomic E-state index is -0.386. The number of hydrogen-bond acceptors (Lipinski definition) is 4. The molecule has 1 aromatic rings. The van der Waals surface area contributed by atoms with Crippen LogP contribution < -0.4 is 0 Å². The second-order valence-corrected chi connectivity index (χ2v) is 4.44. The van der Waals surface area contributed by atoms with E-state index in [0.29, 0.717) is 12.3 Å². The van der Waals surface area contributed by atoms with Crippen molar-refractivity contribution in [3.8, 4) is 0 Å². The monoisotopic (exact) mass is 281 g/mol. The molecule has 1 heterocycles. The lowest BCUT2D eigenvalue weighted by Gasteiger charge is -2.04. The van der Waals surface area contributed by atoms with Gasteiger partial charge in [0, 0.05) is 5.69 Å². The van der Waals surface area contributed by atoms with Gasteiger partial charge >= 0.3 is 5.97 Å². The van der Waals surface area contributed by atoms with E-state index in [2.05, 4.69) is 18.5 Å². The van der Waals surface area contributed by atoms with E-state index >= 15 is 0 Å². The Labute approximate surface area is 119 Å². The third-order valence-corrected chi connectivity index (χ3v) is 2.88. The molecule has 20 heavy (non-hydrogen) atoms. The van der Waals surface area contributed by atoms with Crippen LogP contribution in [0.4, 0.5) is 0 Å². The van der Waals surface area contributed by atoms with Crippen LogP contribution in [0.2, 0.25) is 0 Å². The molecule has 0 fully saturated rings. The maximum Gasteiger partial charge on any atom is 0.354 e. The third-order valence-electron chi connectivity index (χ3n) is 2.88. The zero-order valence-electron chi connectivity index (χ0n) is 12.2. The molecule has 1 rings (SSSR count). The van der Waals surface area contributed by atoms with E-state index in [1.54, 1.807) is 6.07 Å². The normalized spacial score (nSPS) is 10.5. The zero-order chi connectivity index (χ0) is 14.8. The summed E-state index contributed by atoms with van der Waals surface area (Å²) in [6.07, 6.45) is 5.49. The second kappa shape index (κ2) is 9.34. The van der Waals surface area contributed by atoms with Gasteiger partial charge in [-0.3, -0.25) is 0 Å². The zero-order valence-corrected chi connectivity index (χ0v) is 12.2. The maximum atomic E-state index is 11.5. The molecule has 1 N–H and O–H groups in total. The molecule has 0 aromatic carbocycles. The minimum absolute atomic E-state index is 0.285. The molecule has 1 aromatic heterocycles. The molecular weight excluding hydrogens is 258 g/mol. The predicted octanol–water partition coefficient (Wildman–Crippen LogP) is 3.17. The highest BCUT2D eigenvalue weighted by atomic mass is 17.2. The van der Waals surface area contributed by atoms with Gasteiger partial charge in [-0.15, -0.1) is 6.58 Å². The van der Waals surface area contributed by atoms with Crippen LogP contribution in [-0.2, 0) is 27.5 Å². The Kier molecular flexibility index (Phi) is 7.69. The number of carbonyl (C=O) groups is 1. The Morgan fingerprint density at radius 3 is 2.90 bits per heavy atom. The lowest BCUT2D eigenvalue weighted by atomic mass is 10.1. The first-order valence-corrected chi connectivity index (χ1v) is 6.87. The molecule has 0 spiro atoms. The van der Waals surface area contributed by atoms with Crippen molar-refractivity contribution in [3.63, 3.8) is 0 Å². The van der Waals surface area contributed by atoms with Gasteiger partial charge in [0.2, 0.25) is 0 Å². The van der Waals surface area contributed by atoms with Gasteiger partial charge in [-0.1, -0.05) is 19.4 Å². The second-order valence-electron chi connectivity index (χ2n) is 4.44. The number of carbonyl (C=O) groups excluding carboxylic acids is 1. The highest BCUT2D eigenvalue weighted by Gasteiger charge is 2.14. The smallest absolute Gasteiger partial charge is 0.354 e. The number of nitrogens with one attached hydrogen (secondary N) is 1. The number of hydrogen-bond donors (Lipinski definition) is 1. The number of unbranched alkanes of at least 4 members (excludes halogenated alkanes) is 1. The number of rotatable bonds is 10. The van der Waals surface area contributed by atoms with Crippen molar-refractivity contribution in [1.82, 2.24) is 4.98 Å². The first-order chi connectivity index (χ1) is 9.72. The molecule has 0 aliphatic rings. The van der Waals surface area contributed by atoms with E-state index in [0.717, 1.165) is 36.9 Å². The third kappa shape index (κ3) is 5.19. The van der Waals surface area contributed by atoms with Gasteiger partial charge in [-0.05, 0) is 30.9 Å². The van der Waals surface area contributed by atoms with Crippen molar-refractivity contribution in [2.24, 2.45) is 0 Å². The van der Waals surface area contributed by atoms with E-state index in [9.17, 15) is 4.79 Å². The number of aryl methyl sites for hydroxylation is 1. The van der Waals surface area contributed by atoms with Crippen molar-refractivity contribution in [1.29, 1.82) is 0 Å². The number of aromatic nitrogens is 1. The molecular formula is C15H23NO4. The van der Waals surface area contributed by atoms with E-state index in [-0.39, 0.29) is 12.6 Å². The highest BCUT2D eigenvalue weighted by Crippen LogP contribution is 2.16. The molecule has 0 aliphatic carbocycles. The molecule has 0 unspecified atom stereocenters. The summed E-state index contributed by atoms with van der Waals surface area (Å²) in [7, 11) is 1.36. The standard InChI is InChI=1S/C15H23NO4/c1-4-6-8-12-10-13(15(17)18-3)16-14(12)11-20-19-9-7-5-2/h4,10,16H,1,5-9,11H2,2-3H3. The molecule has 5 nitrogen and oxygen atoms in total. The van der Waals surface area contributed by atoms with Gasteiger partial charge in [-0.25, -0.2) is 14.6 Å². The number of methoxy groups -OCH3 is 1. The molecule has 0 aliphatic heterocycles. The van der Waals surface area contributed by atoms with Crippen LogP contribution in [0.3, 0.4) is 0 Å². The van der Waals surface area contributed by atoms with Gasteiger partial charge in [0.05, 0.1) is 13.7 Å². The first-order valence-electron chi connectivity index (χ1n) is 6.87. The Hall–Kier alpha value is -1.59. The molecule has 5 heteroatoms. The molecule has 0 atom stereocenters. The summed E-state index contributed by atoms with van der Waals surface area (Å²) in [6, 6.07) is 1.79. The molecule has 112 valence electrons. The van der Waals surface area contributed by atoms with Crippen molar-refractivity contribution in [2.75, 3.05) is 13.7 Å². The maximum absolute atomic E-state index is 11.5. The van der Waals surface area contributed by atoms with E-state index < -0.39 is 0 Å². The van der Waals surface area contributed by atoms with Gasteiger partial charge in [0.15, 0.2) is 0 Å². The van der Waals surface area contributed by atoms with Crippen molar-refractivity contribution >= 4 is 5.97 Å². The summed E-state index contributed by atoms with van der Waals surface area (Å²) in [6.45, 7) is 6.65. The number of ether oxygens (including phenoxy) is 1. The van der Waals surface area contributed by atoms with Crippen LogP contribution in [0, 0.1) is 0 Å². The molecule has 0 amide bonds. The molecule has 0 saturated carbocycles. The SMILES string of the molecule is C=CCCc1cc(C(=O)OC)[nH]c1COOCCCC. The number of allylic oxidation sites excluding steroid dienone is 1. The van der Waals surface area contributed by atoms with Crippen molar-refractivity contribution < 1.29 is 19.3 Å². The summed E-state index contributed by atoms with van der Waals surface area (Å²) < 4.78 is 4.70. The number of aromatic amines is 1. The van der Waals surface area contributed by atoms with E-state index in [1.165, 1.54) is 7.11 Å². The van der Waals surface area contributed by atoms with Gasteiger partial charge in [0.1, 0.15) is 12.3 Å². The van der Waals surface area contributed by atoms with Crippen LogP contribution in [0.15, 0.2) is 18.7 Å². The lowest BCUT2D eigenvalue weighted by Crippen LogP contribution is -2.02. The largest absolute Gasteiger partial charge is 0.464 e. The van der Waals surface area contributed by atoms with Crippen LogP contribution in [0.25, 0.3) is 0 Å². The van der Waals surface area contributed by atoms with Crippen LogP contribution >= 0.6 is 0 Å².